The predicted molar refractivity (Wildman–Crippen MR) is 152 cm³/mol. The molecule has 1 N–H and O–H groups in total. The Morgan fingerprint density at radius 2 is 1.95 bits per heavy atom. The number of nitrogens with zero attached hydrogens (tertiary/aromatic N) is 5. The van der Waals surface area contributed by atoms with Crippen molar-refractivity contribution in [3.63, 3.8) is 0 Å². The Balaban J connectivity index is 1.37. The summed E-state index contributed by atoms with van der Waals surface area (Å²) in [4.78, 5) is 10.3. The quantitative estimate of drug-likeness (QED) is 0.261. The first-order chi connectivity index (χ1) is 19.3. The summed E-state index contributed by atoms with van der Waals surface area (Å²) in [7, 11) is 0. The molecule has 11 heteroatoms. The SMILES string of the molecule is C[C@@H](Oc1ccc2c(c1)c(-c1cnc(N3CC(C)(CO)C3)c(F)c1)nn2C1CCCCO1)c1c(Cl)cncc1Cl. The van der Waals surface area contributed by atoms with E-state index < -0.39 is 11.9 Å². The minimum atomic E-state index is -0.444. The second-order valence-corrected chi connectivity index (χ2v) is 11.7. The van der Waals surface area contributed by atoms with Gasteiger partial charge in [0.05, 0.1) is 22.2 Å². The van der Waals surface area contributed by atoms with Gasteiger partial charge in [-0.25, -0.2) is 14.1 Å². The lowest BCUT2D eigenvalue weighted by molar-refractivity contribution is -0.0365. The number of hydrogen-bond acceptors (Lipinski definition) is 7. The van der Waals surface area contributed by atoms with Gasteiger partial charge in [-0.05, 0) is 50.5 Å². The molecule has 8 nitrogen and oxygen atoms in total. The first-order valence-corrected chi connectivity index (χ1v) is 14.1. The minimum absolute atomic E-state index is 0.0540. The van der Waals surface area contributed by atoms with Crippen LogP contribution in [0.3, 0.4) is 0 Å². The largest absolute Gasteiger partial charge is 0.486 e. The molecule has 2 fully saturated rings. The normalized spacial score (nSPS) is 19.4. The molecule has 3 aromatic heterocycles. The number of benzene rings is 1. The second-order valence-electron chi connectivity index (χ2n) is 10.9. The van der Waals surface area contributed by atoms with Gasteiger partial charge in [0.2, 0.25) is 0 Å². The second kappa shape index (κ2) is 10.8. The van der Waals surface area contributed by atoms with Gasteiger partial charge in [-0.1, -0.05) is 30.1 Å². The molecule has 2 aliphatic rings. The summed E-state index contributed by atoms with van der Waals surface area (Å²) in [6, 6.07) is 7.17. The van der Waals surface area contributed by atoms with E-state index in [0.717, 1.165) is 30.2 Å². The van der Waals surface area contributed by atoms with Crippen LogP contribution in [-0.2, 0) is 4.74 Å². The van der Waals surface area contributed by atoms with Crippen molar-refractivity contribution in [2.24, 2.45) is 5.41 Å². The van der Waals surface area contributed by atoms with Crippen molar-refractivity contribution < 1.29 is 19.0 Å². The molecule has 4 aromatic rings. The lowest BCUT2D eigenvalue weighted by atomic mass is 9.83. The van der Waals surface area contributed by atoms with Gasteiger partial charge >= 0.3 is 0 Å². The molecule has 0 radical (unpaired) electrons. The molecule has 40 heavy (non-hydrogen) atoms. The fourth-order valence-corrected chi connectivity index (χ4v) is 6.21. The molecule has 2 aliphatic heterocycles. The van der Waals surface area contributed by atoms with Crippen molar-refractivity contribution in [3.05, 3.63) is 64.3 Å². The number of rotatable bonds is 7. The van der Waals surface area contributed by atoms with Crippen LogP contribution in [0.25, 0.3) is 22.2 Å². The lowest BCUT2D eigenvalue weighted by Crippen LogP contribution is -2.57. The van der Waals surface area contributed by atoms with E-state index in [1.54, 1.807) is 6.20 Å². The van der Waals surface area contributed by atoms with Crippen LogP contribution in [0.1, 0.15) is 51.0 Å². The van der Waals surface area contributed by atoms with Gasteiger partial charge in [-0.15, -0.1) is 0 Å². The number of aliphatic hydroxyl groups excluding tert-OH is 1. The van der Waals surface area contributed by atoms with E-state index in [1.807, 2.05) is 41.6 Å². The van der Waals surface area contributed by atoms with Crippen LogP contribution in [0.5, 0.6) is 5.75 Å². The first-order valence-electron chi connectivity index (χ1n) is 13.4. The highest BCUT2D eigenvalue weighted by Gasteiger charge is 2.40. The molecule has 6 rings (SSSR count). The van der Waals surface area contributed by atoms with Crippen molar-refractivity contribution in [2.75, 3.05) is 31.2 Å². The van der Waals surface area contributed by atoms with E-state index in [-0.39, 0.29) is 24.1 Å². The summed E-state index contributed by atoms with van der Waals surface area (Å²) in [5, 5.41) is 16.1. The summed E-state index contributed by atoms with van der Waals surface area (Å²) in [5.74, 6) is 0.429. The van der Waals surface area contributed by atoms with E-state index >= 15 is 4.39 Å². The number of hydrogen-bond donors (Lipinski definition) is 1. The molecular formula is C29H30Cl2FN5O3. The van der Waals surface area contributed by atoms with Crippen LogP contribution < -0.4 is 9.64 Å². The third kappa shape index (κ3) is 5.00. The van der Waals surface area contributed by atoms with Crippen molar-refractivity contribution >= 4 is 39.9 Å². The van der Waals surface area contributed by atoms with Gasteiger partial charge in [-0.3, -0.25) is 4.98 Å². The number of aromatic nitrogens is 4. The van der Waals surface area contributed by atoms with Crippen LogP contribution in [0.4, 0.5) is 10.2 Å². The Hall–Kier alpha value is -2.98. The van der Waals surface area contributed by atoms with Gasteiger partial charge in [0.1, 0.15) is 17.5 Å². The van der Waals surface area contributed by atoms with Crippen LogP contribution in [0.2, 0.25) is 10.0 Å². The molecule has 0 saturated carbocycles. The molecule has 2 saturated heterocycles. The fraction of sp³-hybridized carbons (Fsp3) is 0.414. The average molecular weight is 586 g/mol. The van der Waals surface area contributed by atoms with E-state index in [1.165, 1.54) is 18.5 Å². The number of pyridine rings is 2. The van der Waals surface area contributed by atoms with E-state index in [4.69, 9.17) is 37.8 Å². The van der Waals surface area contributed by atoms with Crippen LogP contribution in [-0.4, -0.2) is 51.2 Å². The Labute approximate surface area is 241 Å². The molecule has 0 bridgehead atoms. The minimum Gasteiger partial charge on any atom is -0.486 e. The van der Waals surface area contributed by atoms with Gasteiger partial charge in [0, 0.05) is 60.2 Å². The molecule has 0 aliphatic carbocycles. The highest BCUT2D eigenvalue weighted by atomic mass is 35.5. The van der Waals surface area contributed by atoms with Crippen LogP contribution in [0.15, 0.2) is 42.9 Å². The molecule has 0 spiro atoms. The summed E-state index contributed by atoms with van der Waals surface area (Å²) in [5.41, 5.74) is 2.41. The maximum absolute atomic E-state index is 15.4. The molecular weight excluding hydrogens is 556 g/mol. The van der Waals surface area contributed by atoms with Gasteiger partial charge < -0.3 is 19.5 Å². The number of fused-ring (bicyclic) bond motifs is 1. The monoisotopic (exact) mass is 585 g/mol. The summed E-state index contributed by atoms with van der Waals surface area (Å²) in [6.07, 6.45) is 6.96. The van der Waals surface area contributed by atoms with E-state index in [0.29, 0.717) is 52.3 Å². The number of halogens is 3. The van der Waals surface area contributed by atoms with Crippen LogP contribution >= 0.6 is 23.2 Å². The number of aliphatic hydroxyl groups is 1. The van der Waals surface area contributed by atoms with Crippen molar-refractivity contribution in [2.45, 2.75) is 45.4 Å². The zero-order chi connectivity index (χ0) is 28.0. The lowest BCUT2D eigenvalue weighted by Gasteiger charge is -2.47. The third-order valence-corrected chi connectivity index (χ3v) is 8.24. The molecule has 2 atom stereocenters. The number of anilines is 1. The average Bonchev–Trinajstić information content (AvgIpc) is 3.31. The summed E-state index contributed by atoms with van der Waals surface area (Å²) >= 11 is 12.7. The Bertz CT molecular complexity index is 1530. The fourth-order valence-electron chi connectivity index (χ4n) is 5.53. The standard InChI is InChI=1S/C29H30Cl2FN5O3/c1-17(26-21(30)12-33-13-22(26)31)40-19-6-7-24-20(10-19)27(35-37(24)25-5-3-4-8-39-25)18-9-23(32)28(34-11-18)36-14-29(2,15-36)16-38/h6-7,9-13,17,25,38H,3-5,8,14-16H2,1-2H3/t17-,25?/m1/s1. The van der Waals surface area contributed by atoms with Gasteiger partial charge in [0.15, 0.2) is 17.9 Å². The molecule has 5 heterocycles. The highest BCUT2D eigenvalue weighted by Crippen LogP contribution is 2.39. The Kier molecular flexibility index (Phi) is 7.33. The third-order valence-electron chi connectivity index (χ3n) is 7.64. The maximum Gasteiger partial charge on any atom is 0.166 e. The van der Waals surface area contributed by atoms with Crippen molar-refractivity contribution in [1.29, 1.82) is 0 Å². The topological polar surface area (TPSA) is 85.5 Å². The van der Waals surface area contributed by atoms with Crippen molar-refractivity contribution in [1.82, 2.24) is 19.7 Å². The predicted octanol–water partition coefficient (Wildman–Crippen LogP) is 6.60. The van der Waals surface area contributed by atoms with E-state index in [2.05, 4.69) is 9.97 Å². The summed E-state index contributed by atoms with van der Waals surface area (Å²) < 4.78 is 29.5. The van der Waals surface area contributed by atoms with Crippen LogP contribution in [0, 0.1) is 11.2 Å². The zero-order valence-electron chi connectivity index (χ0n) is 22.3. The Morgan fingerprint density at radius 1 is 1.18 bits per heavy atom. The van der Waals surface area contributed by atoms with Gasteiger partial charge in [0.25, 0.3) is 0 Å². The molecule has 0 amide bonds. The van der Waals surface area contributed by atoms with E-state index in [9.17, 15) is 5.11 Å². The van der Waals surface area contributed by atoms with Gasteiger partial charge in [-0.2, -0.15) is 5.10 Å². The molecule has 1 aromatic carbocycles. The number of ether oxygens (including phenoxy) is 2. The first kappa shape index (κ1) is 27.2. The molecule has 1 unspecified atom stereocenters. The van der Waals surface area contributed by atoms with Crippen molar-refractivity contribution in [3.8, 4) is 17.0 Å². The maximum atomic E-state index is 15.4. The highest BCUT2D eigenvalue weighted by molar-refractivity contribution is 6.35. The zero-order valence-corrected chi connectivity index (χ0v) is 23.8. The Morgan fingerprint density at radius 3 is 2.62 bits per heavy atom. The molecule has 210 valence electrons. The summed E-state index contributed by atoms with van der Waals surface area (Å²) in [6.45, 7) is 5.66. The smallest absolute Gasteiger partial charge is 0.166 e.